The van der Waals surface area contributed by atoms with Gasteiger partial charge in [-0.15, -0.1) is 0 Å². The molecule has 1 aliphatic heterocycles. The van der Waals surface area contributed by atoms with Gasteiger partial charge in [0, 0.05) is 19.0 Å². The van der Waals surface area contributed by atoms with E-state index in [1.807, 2.05) is 41.5 Å². The fourth-order valence-electron chi connectivity index (χ4n) is 3.22. The molecule has 1 N–H and O–H groups in total. The molecule has 0 saturated carbocycles. The molecule has 31 heavy (non-hydrogen) atoms. The second-order valence-corrected chi connectivity index (χ2v) is 7.77. The van der Waals surface area contributed by atoms with Crippen molar-refractivity contribution < 1.29 is 18.5 Å². The Labute approximate surface area is 185 Å². The molecular formula is C24H36FN3O3. The molecule has 2 heterocycles. The molecular weight excluding hydrogens is 397 g/mol. The predicted octanol–water partition coefficient (Wildman–Crippen LogP) is 5.05. The van der Waals surface area contributed by atoms with Crippen molar-refractivity contribution in [2.45, 2.75) is 72.9 Å². The highest BCUT2D eigenvalue weighted by molar-refractivity contribution is 5.88. The molecule has 0 bridgehead atoms. The molecule has 1 aromatic carbocycles. The third-order valence-corrected chi connectivity index (χ3v) is 4.75. The first-order chi connectivity index (χ1) is 14.8. The lowest BCUT2D eigenvalue weighted by Crippen LogP contribution is -2.46. The third-order valence-electron chi connectivity index (χ3n) is 4.75. The summed E-state index contributed by atoms with van der Waals surface area (Å²) in [4.78, 5) is 26.5. The number of hydrogen-bond acceptors (Lipinski definition) is 4. The summed E-state index contributed by atoms with van der Waals surface area (Å²) < 4.78 is 17.4. The highest BCUT2D eigenvalue weighted by atomic mass is 19.1. The molecule has 0 spiro atoms. The lowest BCUT2D eigenvalue weighted by atomic mass is 10.1. The summed E-state index contributed by atoms with van der Waals surface area (Å²) in [6.07, 6.45) is 3.57. The zero-order valence-corrected chi connectivity index (χ0v) is 19.5. The van der Waals surface area contributed by atoms with Crippen molar-refractivity contribution >= 4 is 11.8 Å². The minimum atomic E-state index is -0.385. The van der Waals surface area contributed by atoms with Crippen molar-refractivity contribution in [1.29, 1.82) is 0 Å². The fourth-order valence-corrected chi connectivity index (χ4v) is 3.22. The second kappa shape index (κ2) is 13.6. The molecule has 2 amide bonds. The van der Waals surface area contributed by atoms with E-state index in [1.54, 1.807) is 29.4 Å². The first-order valence-corrected chi connectivity index (χ1v) is 11.0. The van der Waals surface area contributed by atoms with Crippen LogP contribution in [-0.4, -0.2) is 34.5 Å². The molecule has 2 unspecified atom stereocenters. The molecule has 0 radical (unpaired) electrons. The van der Waals surface area contributed by atoms with Crippen LogP contribution in [0.4, 0.5) is 4.39 Å². The molecule has 172 valence electrons. The topological polar surface area (TPSA) is 75.4 Å². The molecule has 0 aliphatic carbocycles. The summed E-state index contributed by atoms with van der Waals surface area (Å²) in [6, 6.07) is 7.29. The van der Waals surface area contributed by atoms with Crippen molar-refractivity contribution in [2.24, 2.45) is 5.92 Å². The second-order valence-electron chi connectivity index (χ2n) is 7.77. The van der Waals surface area contributed by atoms with Crippen LogP contribution in [0.15, 0.2) is 41.1 Å². The van der Waals surface area contributed by atoms with Gasteiger partial charge in [-0.3, -0.25) is 9.59 Å². The Morgan fingerprint density at radius 1 is 1.19 bits per heavy atom. The Kier molecular flexibility index (Phi) is 11.5. The van der Waals surface area contributed by atoms with E-state index in [0.29, 0.717) is 19.4 Å². The molecule has 6 nitrogen and oxygen atoms in total. The van der Waals surface area contributed by atoms with Crippen LogP contribution in [0.2, 0.25) is 0 Å². The van der Waals surface area contributed by atoms with Gasteiger partial charge in [0.15, 0.2) is 0 Å². The number of halogens is 1. The maximum absolute atomic E-state index is 13.0. The van der Waals surface area contributed by atoms with E-state index >= 15 is 0 Å². The molecule has 3 rings (SSSR count). The van der Waals surface area contributed by atoms with Gasteiger partial charge in [0.1, 0.15) is 18.1 Å². The van der Waals surface area contributed by atoms with E-state index in [0.717, 1.165) is 17.7 Å². The smallest absolute Gasteiger partial charge is 0.243 e. The lowest BCUT2D eigenvalue weighted by molar-refractivity contribution is -0.139. The standard InChI is InChI=1S/C18H25FN2O2.C4H5NO.C2H6/c1-12(2)11-17(22)21-10-4-5-16(21)18(23)20-13(3)14-6-8-15(19)9-7-14;1-4-2-3-6-5-4;1-2/h6-9,12-13,16H,4-5,10-11H2,1-3H3,(H,20,23);2-3H,1H3;1-2H3. The van der Waals surface area contributed by atoms with Crippen molar-refractivity contribution in [2.75, 3.05) is 6.54 Å². The van der Waals surface area contributed by atoms with Crippen molar-refractivity contribution in [1.82, 2.24) is 15.4 Å². The van der Waals surface area contributed by atoms with Gasteiger partial charge in [0.2, 0.25) is 11.8 Å². The van der Waals surface area contributed by atoms with E-state index in [1.165, 1.54) is 12.1 Å². The average molecular weight is 434 g/mol. The Hall–Kier alpha value is -2.70. The molecule has 1 aliphatic rings. The van der Waals surface area contributed by atoms with E-state index in [2.05, 4.69) is 15.0 Å². The summed E-state index contributed by atoms with van der Waals surface area (Å²) >= 11 is 0. The maximum atomic E-state index is 13.0. The largest absolute Gasteiger partial charge is 0.365 e. The number of nitrogens with one attached hydrogen (secondary N) is 1. The van der Waals surface area contributed by atoms with Gasteiger partial charge in [0.25, 0.3) is 0 Å². The van der Waals surface area contributed by atoms with E-state index in [-0.39, 0.29) is 35.6 Å². The SMILES string of the molecule is CC.CC(C)CC(=O)N1CCCC1C(=O)NC(C)c1ccc(F)cc1.Cc1ccon1. The number of hydrogen-bond donors (Lipinski definition) is 1. The highest BCUT2D eigenvalue weighted by Gasteiger charge is 2.34. The van der Waals surface area contributed by atoms with Crippen molar-refractivity contribution in [3.8, 4) is 0 Å². The molecule has 1 aromatic heterocycles. The van der Waals surface area contributed by atoms with Crippen LogP contribution in [0.1, 0.15) is 71.2 Å². The quantitative estimate of drug-likeness (QED) is 0.716. The summed E-state index contributed by atoms with van der Waals surface area (Å²) in [5, 5.41) is 6.48. The normalized spacial score (nSPS) is 16.0. The predicted molar refractivity (Wildman–Crippen MR) is 120 cm³/mol. The maximum Gasteiger partial charge on any atom is 0.243 e. The minimum Gasteiger partial charge on any atom is -0.365 e. The van der Waals surface area contributed by atoms with Gasteiger partial charge in [-0.05, 0) is 50.3 Å². The van der Waals surface area contributed by atoms with Crippen molar-refractivity contribution in [3.63, 3.8) is 0 Å². The van der Waals surface area contributed by atoms with Gasteiger partial charge in [-0.25, -0.2) is 4.39 Å². The lowest BCUT2D eigenvalue weighted by Gasteiger charge is -2.26. The Morgan fingerprint density at radius 2 is 1.84 bits per heavy atom. The van der Waals surface area contributed by atoms with E-state index < -0.39 is 0 Å². The number of likely N-dealkylation sites (tertiary alicyclic amines) is 1. The summed E-state index contributed by atoms with van der Waals surface area (Å²) in [5.74, 6) is -0.0954. The van der Waals surface area contributed by atoms with Gasteiger partial charge in [-0.1, -0.05) is 45.0 Å². The zero-order valence-electron chi connectivity index (χ0n) is 19.5. The number of amides is 2. The Morgan fingerprint density at radius 3 is 2.32 bits per heavy atom. The number of aromatic nitrogens is 1. The van der Waals surface area contributed by atoms with Crippen LogP contribution in [0.5, 0.6) is 0 Å². The van der Waals surface area contributed by atoms with Crippen LogP contribution in [0.3, 0.4) is 0 Å². The first kappa shape index (κ1) is 26.3. The number of rotatable bonds is 5. The molecule has 2 aromatic rings. The van der Waals surface area contributed by atoms with Crippen LogP contribution >= 0.6 is 0 Å². The minimum absolute atomic E-state index is 0.0482. The van der Waals surface area contributed by atoms with Crippen LogP contribution in [-0.2, 0) is 9.59 Å². The van der Waals surface area contributed by atoms with Crippen LogP contribution in [0.25, 0.3) is 0 Å². The Bertz CT molecular complexity index is 776. The fraction of sp³-hybridized carbons (Fsp3) is 0.542. The Balaban J connectivity index is 0.000000508. The van der Waals surface area contributed by atoms with E-state index in [9.17, 15) is 14.0 Å². The summed E-state index contributed by atoms with van der Waals surface area (Å²) in [6.45, 7) is 12.4. The summed E-state index contributed by atoms with van der Waals surface area (Å²) in [7, 11) is 0. The van der Waals surface area contributed by atoms with Crippen LogP contribution < -0.4 is 5.32 Å². The number of benzene rings is 1. The number of carbonyl (C=O) groups is 2. The molecule has 7 heteroatoms. The van der Waals surface area contributed by atoms with Crippen LogP contribution in [0, 0.1) is 18.7 Å². The average Bonchev–Trinajstić information content (AvgIpc) is 3.41. The van der Waals surface area contributed by atoms with Gasteiger partial charge < -0.3 is 14.7 Å². The first-order valence-electron chi connectivity index (χ1n) is 11.0. The number of carbonyl (C=O) groups excluding carboxylic acids is 2. The number of nitrogens with zero attached hydrogens (tertiary/aromatic N) is 2. The highest BCUT2D eigenvalue weighted by Crippen LogP contribution is 2.21. The zero-order chi connectivity index (χ0) is 23.4. The monoisotopic (exact) mass is 433 g/mol. The van der Waals surface area contributed by atoms with Gasteiger partial charge in [-0.2, -0.15) is 0 Å². The molecule has 2 atom stereocenters. The van der Waals surface area contributed by atoms with Gasteiger partial charge in [0.05, 0.1) is 11.7 Å². The van der Waals surface area contributed by atoms with Crippen molar-refractivity contribution in [3.05, 3.63) is 53.7 Å². The number of aryl methyl sites for hydroxylation is 1. The van der Waals surface area contributed by atoms with Gasteiger partial charge >= 0.3 is 0 Å². The van der Waals surface area contributed by atoms with E-state index in [4.69, 9.17) is 0 Å². The molecule has 1 saturated heterocycles. The molecule has 1 fully saturated rings. The third kappa shape index (κ3) is 8.90. The summed E-state index contributed by atoms with van der Waals surface area (Å²) in [5.41, 5.74) is 1.77.